The number of rotatable bonds is 5. The van der Waals surface area contributed by atoms with E-state index in [4.69, 9.17) is 17.3 Å². The molecule has 0 fully saturated rings. The lowest BCUT2D eigenvalue weighted by Gasteiger charge is -2.15. The van der Waals surface area contributed by atoms with Gasteiger partial charge >= 0.3 is 0 Å². The van der Waals surface area contributed by atoms with E-state index in [2.05, 4.69) is 9.71 Å². The van der Waals surface area contributed by atoms with Crippen LogP contribution in [0.4, 0.5) is 5.69 Å². The molecule has 3 N–H and O–H groups in total. The number of aromatic nitrogens is 2. The van der Waals surface area contributed by atoms with E-state index in [9.17, 15) is 8.42 Å². The molecule has 1 aromatic carbocycles. The number of hydrogen-bond acceptors (Lipinski definition) is 4. The number of nitrogens with zero attached hydrogens (tertiary/aromatic N) is 2. The highest BCUT2D eigenvalue weighted by Gasteiger charge is 2.18. The van der Waals surface area contributed by atoms with Gasteiger partial charge in [0, 0.05) is 25.0 Å². The maximum absolute atomic E-state index is 12.2. The molecule has 0 aliphatic rings. The summed E-state index contributed by atoms with van der Waals surface area (Å²) in [5.41, 5.74) is 5.85. The fraction of sp³-hybridized carbons (Fsp3) is 0.250. The van der Waals surface area contributed by atoms with Gasteiger partial charge in [0.25, 0.3) is 0 Å². The van der Waals surface area contributed by atoms with Crippen molar-refractivity contribution < 1.29 is 8.42 Å². The van der Waals surface area contributed by atoms with Gasteiger partial charge in [-0.15, -0.1) is 0 Å². The van der Waals surface area contributed by atoms with Crippen molar-refractivity contribution in [1.82, 2.24) is 14.3 Å². The summed E-state index contributed by atoms with van der Waals surface area (Å²) in [5, 5.41) is 0.329. The number of nitrogens with two attached hydrogens (primary N) is 1. The average Bonchev–Trinajstić information content (AvgIpc) is 2.84. The molecule has 2 rings (SSSR count). The second-order valence-electron chi connectivity index (χ2n) is 4.47. The van der Waals surface area contributed by atoms with E-state index >= 15 is 0 Å². The van der Waals surface area contributed by atoms with Crippen molar-refractivity contribution in [2.75, 3.05) is 5.73 Å². The zero-order valence-electron chi connectivity index (χ0n) is 10.8. The van der Waals surface area contributed by atoms with E-state index in [0.717, 1.165) is 0 Å². The van der Waals surface area contributed by atoms with Gasteiger partial charge in [-0.05, 0) is 25.1 Å². The normalized spacial score (nSPS) is 13.3. The summed E-state index contributed by atoms with van der Waals surface area (Å²) in [6, 6.07) is 3.94. The number of imidazole rings is 1. The molecular formula is C12H15ClN4O2S. The fourth-order valence-electron chi connectivity index (χ4n) is 1.77. The van der Waals surface area contributed by atoms with E-state index in [1.165, 1.54) is 18.2 Å². The summed E-state index contributed by atoms with van der Waals surface area (Å²) in [6.45, 7) is 2.26. The van der Waals surface area contributed by atoms with Gasteiger partial charge in [-0.25, -0.2) is 18.1 Å². The minimum atomic E-state index is -3.62. The van der Waals surface area contributed by atoms with Crippen LogP contribution < -0.4 is 10.5 Å². The van der Waals surface area contributed by atoms with E-state index in [1.54, 1.807) is 30.2 Å². The largest absolute Gasteiger partial charge is 0.397 e. The van der Waals surface area contributed by atoms with Crippen molar-refractivity contribution in [2.24, 2.45) is 0 Å². The first kappa shape index (κ1) is 14.8. The van der Waals surface area contributed by atoms with Gasteiger partial charge in [-0.2, -0.15) is 0 Å². The Morgan fingerprint density at radius 3 is 2.85 bits per heavy atom. The predicted molar refractivity (Wildman–Crippen MR) is 77.9 cm³/mol. The summed E-state index contributed by atoms with van der Waals surface area (Å²) in [6.07, 6.45) is 5.04. The van der Waals surface area contributed by atoms with Crippen molar-refractivity contribution in [1.29, 1.82) is 0 Å². The van der Waals surface area contributed by atoms with Crippen LogP contribution in [0.5, 0.6) is 0 Å². The minimum Gasteiger partial charge on any atom is -0.397 e. The molecule has 1 atom stereocenters. The molecule has 6 nitrogen and oxygen atoms in total. The zero-order valence-corrected chi connectivity index (χ0v) is 12.4. The number of benzene rings is 1. The van der Waals surface area contributed by atoms with E-state index in [0.29, 0.717) is 11.6 Å². The van der Waals surface area contributed by atoms with Crippen LogP contribution in [0, 0.1) is 0 Å². The molecule has 0 saturated heterocycles. The Kier molecular flexibility index (Phi) is 4.32. The summed E-state index contributed by atoms with van der Waals surface area (Å²) < 4.78 is 28.8. The summed E-state index contributed by atoms with van der Waals surface area (Å²) in [7, 11) is -3.62. The third kappa shape index (κ3) is 3.50. The highest BCUT2D eigenvalue weighted by Crippen LogP contribution is 2.22. The molecule has 20 heavy (non-hydrogen) atoms. The van der Waals surface area contributed by atoms with Gasteiger partial charge in [0.15, 0.2) is 0 Å². The van der Waals surface area contributed by atoms with Gasteiger partial charge in [0.1, 0.15) is 0 Å². The molecule has 0 bridgehead atoms. The van der Waals surface area contributed by atoms with Crippen molar-refractivity contribution >= 4 is 27.3 Å². The quantitative estimate of drug-likeness (QED) is 0.818. The average molecular weight is 315 g/mol. The van der Waals surface area contributed by atoms with Crippen LogP contribution in [0.25, 0.3) is 0 Å². The number of sulfonamides is 1. The maximum Gasteiger partial charge on any atom is 0.240 e. The standard InChI is InChI=1S/C12H15ClN4O2S/c1-9(7-17-5-4-15-8-17)16-20(18,19)10-2-3-11(13)12(14)6-10/h2-6,8-9,16H,7,14H2,1H3. The Bertz CT molecular complexity index is 685. The van der Waals surface area contributed by atoms with Crippen molar-refractivity contribution in [3.63, 3.8) is 0 Å². The summed E-state index contributed by atoms with van der Waals surface area (Å²) >= 11 is 5.78. The summed E-state index contributed by atoms with van der Waals surface area (Å²) in [4.78, 5) is 4.00. The molecule has 0 amide bonds. The third-order valence-corrected chi connectivity index (χ3v) is 4.61. The van der Waals surface area contributed by atoms with Gasteiger partial charge < -0.3 is 10.3 Å². The van der Waals surface area contributed by atoms with Crippen LogP contribution in [-0.4, -0.2) is 24.0 Å². The van der Waals surface area contributed by atoms with Gasteiger partial charge in [0.2, 0.25) is 10.0 Å². The predicted octanol–water partition coefficient (Wildman–Crippen LogP) is 1.49. The third-order valence-electron chi connectivity index (χ3n) is 2.68. The van der Waals surface area contributed by atoms with Crippen LogP contribution in [0.3, 0.4) is 0 Å². The molecule has 0 saturated carbocycles. The van der Waals surface area contributed by atoms with Crippen molar-refractivity contribution in [2.45, 2.75) is 24.4 Å². The van der Waals surface area contributed by atoms with Crippen molar-refractivity contribution in [3.05, 3.63) is 41.9 Å². The first-order valence-electron chi connectivity index (χ1n) is 5.91. The van der Waals surface area contributed by atoms with Crippen LogP contribution in [0.15, 0.2) is 41.8 Å². The maximum atomic E-state index is 12.2. The molecule has 1 unspecified atom stereocenters. The second kappa shape index (κ2) is 5.82. The van der Waals surface area contributed by atoms with Gasteiger partial charge in [-0.1, -0.05) is 11.6 Å². The Hall–Kier alpha value is -1.57. The van der Waals surface area contributed by atoms with E-state index in [1.807, 2.05) is 0 Å². The molecule has 0 radical (unpaired) electrons. The lowest BCUT2D eigenvalue weighted by Crippen LogP contribution is -2.35. The number of anilines is 1. The fourth-order valence-corrected chi connectivity index (χ4v) is 3.16. The molecule has 2 aromatic rings. The van der Waals surface area contributed by atoms with Crippen molar-refractivity contribution in [3.8, 4) is 0 Å². The number of hydrogen-bond donors (Lipinski definition) is 2. The highest BCUT2D eigenvalue weighted by molar-refractivity contribution is 7.89. The number of halogens is 1. The molecule has 1 heterocycles. The van der Waals surface area contributed by atoms with Crippen LogP contribution >= 0.6 is 11.6 Å². The first-order valence-corrected chi connectivity index (χ1v) is 7.78. The number of nitrogens with one attached hydrogen (secondary N) is 1. The molecule has 0 spiro atoms. The molecular weight excluding hydrogens is 300 g/mol. The zero-order chi connectivity index (χ0) is 14.8. The Morgan fingerprint density at radius 1 is 1.50 bits per heavy atom. The lowest BCUT2D eigenvalue weighted by molar-refractivity contribution is 0.520. The molecule has 8 heteroatoms. The SMILES string of the molecule is CC(Cn1ccnc1)NS(=O)(=O)c1ccc(Cl)c(N)c1. The van der Waals surface area contributed by atoms with Gasteiger partial charge in [-0.3, -0.25) is 0 Å². The number of nitrogen functional groups attached to an aromatic ring is 1. The Morgan fingerprint density at radius 2 is 2.25 bits per heavy atom. The van der Waals surface area contributed by atoms with E-state index < -0.39 is 10.0 Å². The van der Waals surface area contributed by atoms with Crippen LogP contribution in [-0.2, 0) is 16.6 Å². The molecule has 0 aliphatic heterocycles. The topological polar surface area (TPSA) is 90.0 Å². The lowest BCUT2D eigenvalue weighted by atomic mass is 10.3. The van der Waals surface area contributed by atoms with Gasteiger partial charge in [0.05, 0.1) is 21.9 Å². The second-order valence-corrected chi connectivity index (χ2v) is 6.59. The first-order chi connectivity index (χ1) is 9.38. The monoisotopic (exact) mass is 314 g/mol. The highest BCUT2D eigenvalue weighted by atomic mass is 35.5. The minimum absolute atomic E-state index is 0.0943. The smallest absolute Gasteiger partial charge is 0.240 e. The Balaban J connectivity index is 2.12. The van der Waals surface area contributed by atoms with Crippen LogP contribution in [0.1, 0.15) is 6.92 Å². The molecule has 108 valence electrons. The Labute approximate surface area is 122 Å². The molecule has 1 aromatic heterocycles. The summed E-state index contributed by atoms with van der Waals surface area (Å²) in [5.74, 6) is 0. The molecule has 0 aliphatic carbocycles. The van der Waals surface area contributed by atoms with Crippen LogP contribution in [0.2, 0.25) is 5.02 Å². The van der Waals surface area contributed by atoms with E-state index in [-0.39, 0.29) is 16.6 Å².